The normalized spacial score (nSPS) is 14.1. The maximum atomic E-state index is 11.6. The van der Waals surface area contributed by atoms with E-state index in [0.717, 1.165) is 40.7 Å². The SMILES string of the molecule is NS(=O)(=O)c1ccc2c(c1)N(Cc1cccc3cccnc13)CC2. The molecule has 0 radical (unpaired) electrons. The quantitative estimate of drug-likeness (QED) is 0.795. The Bertz CT molecular complexity index is 1030. The van der Waals surface area contributed by atoms with Crippen LogP contribution in [-0.4, -0.2) is 19.9 Å². The summed E-state index contributed by atoms with van der Waals surface area (Å²) in [4.78, 5) is 6.84. The Balaban J connectivity index is 1.73. The monoisotopic (exact) mass is 339 g/mol. The summed E-state index contributed by atoms with van der Waals surface area (Å²) in [6, 6.07) is 15.2. The average Bonchev–Trinajstić information content (AvgIpc) is 2.97. The minimum atomic E-state index is -3.69. The lowest BCUT2D eigenvalue weighted by Gasteiger charge is -2.20. The van der Waals surface area contributed by atoms with Crippen molar-refractivity contribution in [1.82, 2.24) is 4.98 Å². The van der Waals surface area contributed by atoms with Crippen molar-refractivity contribution >= 4 is 26.6 Å². The Morgan fingerprint density at radius 1 is 1.12 bits per heavy atom. The smallest absolute Gasteiger partial charge is 0.238 e. The van der Waals surface area contributed by atoms with Crippen molar-refractivity contribution in [1.29, 1.82) is 0 Å². The summed E-state index contributed by atoms with van der Waals surface area (Å²) in [5.74, 6) is 0. The highest BCUT2D eigenvalue weighted by atomic mass is 32.2. The van der Waals surface area contributed by atoms with E-state index >= 15 is 0 Å². The first-order chi connectivity index (χ1) is 11.5. The molecule has 1 aromatic heterocycles. The Morgan fingerprint density at radius 3 is 2.79 bits per heavy atom. The Kier molecular flexibility index (Phi) is 3.51. The molecule has 6 heteroatoms. The fourth-order valence-corrected chi connectivity index (χ4v) is 3.80. The molecule has 0 unspecified atom stereocenters. The fraction of sp³-hybridized carbons (Fsp3) is 0.167. The molecular formula is C18H17N3O2S. The van der Waals surface area contributed by atoms with Gasteiger partial charge in [0.1, 0.15) is 0 Å². The van der Waals surface area contributed by atoms with E-state index in [2.05, 4.69) is 16.0 Å². The van der Waals surface area contributed by atoms with E-state index in [1.165, 1.54) is 0 Å². The third-order valence-electron chi connectivity index (χ3n) is 4.45. The summed E-state index contributed by atoms with van der Waals surface area (Å²) in [6.45, 7) is 1.54. The van der Waals surface area contributed by atoms with Crippen LogP contribution < -0.4 is 10.0 Å². The molecule has 3 aromatic rings. The number of sulfonamides is 1. The number of primary sulfonamides is 1. The van der Waals surface area contributed by atoms with E-state index in [0.29, 0.717) is 6.54 Å². The van der Waals surface area contributed by atoms with Crippen LogP contribution in [0.25, 0.3) is 10.9 Å². The van der Waals surface area contributed by atoms with Crippen LogP contribution in [0.4, 0.5) is 5.69 Å². The number of pyridine rings is 1. The van der Waals surface area contributed by atoms with Crippen molar-refractivity contribution in [3.05, 3.63) is 65.9 Å². The molecule has 1 aliphatic heterocycles. The van der Waals surface area contributed by atoms with Gasteiger partial charge in [0.2, 0.25) is 10.0 Å². The number of hydrogen-bond acceptors (Lipinski definition) is 4. The molecule has 1 aliphatic rings. The minimum Gasteiger partial charge on any atom is -0.367 e. The van der Waals surface area contributed by atoms with E-state index < -0.39 is 10.0 Å². The summed E-state index contributed by atoms with van der Waals surface area (Å²) in [5, 5.41) is 6.37. The van der Waals surface area contributed by atoms with Gasteiger partial charge in [-0.1, -0.05) is 30.3 Å². The lowest BCUT2D eigenvalue weighted by molar-refractivity contribution is 0.598. The molecule has 0 amide bonds. The van der Waals surface area contributed by atoms with Gasteiger partial charge < -0.3 is 4.90 Å². The van der Waals surface area contributed by atoms with Crippen molar-refractivity contribution < 1.29 is 8.42 Å². The molecule has 0 atom stereocenters. The molecule has 24 heavy (non-hydrogen) atoms. The summed E-state index contributed by atoms with van der Waals surface area (Å²) in [5.41, 5.74) is 4.20. The van der Waals surface area contributed by atoms with E-state index in [-0.39, 0.29) is 4.90 Å². The molecular weight excluding hydrogens is 322 g/mol. The summed E-state index contributed by atoms with van der Waals surface area (Å²) >= 11 is 0. The highest BCUT2D eigenvalue weighted by Crippen LogP contribution is 2.32. The second-order valence-corrected chi connectivity index (χ2v) is 7.56. The summed E-state index contributed by atoms with van der Waals surface area (Å²) in [6.07, 6.45) is 2.70. The van der Waals surface area contributed by atoms with Gasteiger partial charge >= 0.3 is 0 Å². The third kappa shape index (κ3) is 2.64. The zero-order chi connectivity index (χ0) is 16.7. The van der Waals surface area contributed by atoms with Gasteiger partial charge in [-0.05, 0) is 35.7 Å². The van der Waals surface area contributed by atoms with Gasteiger partial charge in [-0.3, -0.25) is 4.98 Å². The van der Waals surface area contributed by atoms with Gasteiger partial charge in [-0.15, -0.1) is 0 Å². The minimum absolute atomic E-state index is 0.157. The maximum absolute atomic E-state index is 11.6. The van der Waals surface area contributed by atoms with Gasteiger partial charge in [0.25, 0.3) is 0 Å². The first kappa shape index (κ1) is 15.1. The van der Waals surface area contributed by atoms with Gasteiger partial charge in [-0.2, -0.15) is 0 Å². The predicted octanol–water partition coefficient (Wildman–Crippen LogP) is 2.44. The van der Waals surface area contributed by atoms with Crippen LogP contribution in [0, 0.1) is 0 Å². The van der Waals surface area contributed by atoms with Crippen molar-refractivity contribution in [3.63, 3.8) is 0 Å². The van der Waals surface area contributed by atoms with Crippen LogP contribution in [0.2, 0.25) is 0 Å². The van der Waals surface area contributed by atoms with Crippen molar-refractivity contribution in [2.75, 3.05) is 11.4 Å². The largest absolute Gasteiger partial charge is 0.367 e. The molecule has 5 nitrogen and oxygen atoms in total. The van der Waals surface area contributed by atoms with Gasteiger partial charge in [0.05, 0.1) is 10.4 Å². The van der Waals surface area contributed by atoms with Crippen LogP contribution >= 0.6 is 0 Å². The lowest BCUT2D eigenvalue weighted by Crippen LogP contribution is -2.20. The van der Waals surface area contributed by atoms with E-state index in [9.17, 15) is 8.42 Å². The lowest BCUT2D eigenvalue weighted by atomic mass is 10.1. The molecule has 0 fully saturated rings. The number of nitrogens with zero attached hydrogens (tertiary/aromatic N) is 2. The van der Waals surface area contributed by atoms with E-state index in [1.54, 1.807) is 18.3 Å². The Morgan fingerprint density at radius 2 is 1.96 bits per heavy atom. The van der Waals surface area contributed by atoms with E-state index in [1.807, 2.05) is 30.3 Å². The molecule has 122 valence electrons. The summed E-state index contributed by atoms with van der Waals surface area (Å²) in [7, 11) is -3.69. The van der Waals surface area contributed by atoms with Crippen LogP contribution in [0.15, 0.2) is 59.6 Å². The zero-order valence-electron chi connectivity index (χ0n) is 13.0. The second kappa shape index (κ2) is 5.58. The molecule has 2 heterocycles. The van der Waals surface area contributed by atoms with Crippen LogP contribution in [0.3, 0.4) is 0 Å². The third-order valence-corrected chi connectivity index (χ3v) is 5.37. The number of para-hydroxylation sites is 1. The van der Waals surface area contributed by atoms with Gasteiger partial charge in [0.15, 0.2) is 0 Å². The average molecular weight is 339 g/mol. The van der Waals surface area contributed by atoms with Crippen molar-refractivity contribution in [2.24, 2.45) is 5.14 Å². The highest BCUT2D eigenvalue weighted by molar-refractivity contribution is 7.89. The maximum Gasteiger partial charge on any atom is 0.238 e. The summed E-state index contributed by atoms with van der Waals surface area (Å²) < 4.78 is 23.2. The number of fused-ring (bicyclic) bond motifs is 2. The van der Waals surface area contributed by atoms with Crippen LogP contribution in [0.5, 0.6) is 0 Å². The van der Waals surface area contributed by atoms with Crippen LogP contribution in [-0.2, 0) is 23.0 Å². The first-order valence-corrected chi connectivity index (χ1v) is 9.30. The highest BCUT2D eigenvalue weighted by Gasteiger charge is 2.22. The number of rotatable bonds is 3. The van der Waals surface area contributed by atoms with Crippen LogP contribution in [0.1, 0.15) is 11.1 Å². The molecule has 4 rings (SSSR count). The first-order valence-electron chi connectivity index (χ1n) is 7.76. The molecule has 2 aromatic carbocycles. The molecule has 2 N–H and O–H groups in total. The van der Waals surface area contributed by atoms with Gasteiger partial charge in [-0.25, -0.2) is 13.6 Å². The van der Waals surface area contributed by atoms with Gasteiger partial charge in [0, 0.05) is 30.4 Å². The Hall–Kier alpha value is -2.44. The molecule has 0 saturated carbocycles. The standard InChI is InChI=1S/C18H17N3O2S/c19-24(22,23)16-7-6-13-8-10-21(17(13)11-16)12-15-4-1-3-14-5-2-9-20-18(14)15/h1-7,9,11H,8,10,12H2,(H2,19,22,23). The molecule has 0 aliphatic carbocycles. The predicted molar refractivity (Wildman–Crippen MR) is 94.3 cm³/mol. The second-order valence-electron chi connectivity index (χ2n) is 6.00. The number of anilines is 1. The number of aromatic nitrogens is 1. The number of nitrogens with two attached hydrogens (primary N) is 1. The van der Waals surface area contributed by atoms with Crippen molar-refractivity contribution in [3.8, 4) is 0 Å². The Labute approximate surface area is 140 Å². The van der Waals surface area contributed by atoms with E-state index in [4.69, 9.17) is 5.14 Å². The number of hydrogen-bond donors (Lipinski definition) is 1. The fourth-order valence-electron chi connectivity index (χ4n) is 3.27. The molecule has 0 bridgehead atoms. The molecule has 0 saturated heterocycles. The molecule has 0 spiro atoms. The van der Waals surface area contributed by atoms with Crippen molar-refractivity contribution in [2.45, 2.75) is 17.9 Å². The zero-order valence-corrected chi connectivity index (χ0v) is 13.8. The topological polar surface area (TPSA) is 76.3 Å². The number of benzene rings is 2.